The van der Waals surface area contributed by atoms with Crippen molar-refractivity contribution in [1.82, 2.24) is 10.3 Å². The van der Waals surface area contributed by atoms with Crippen LogP contribution in [0.5, 0.6) is 0 Å². The van der Waals surface area contributed by atoms with E-state index in [9.17, 15) is 4.79 Å². The summed E-state index contributed by atoms with van der Waals surface area (Å²) in [7, 11) is 0. The first-order chi connectivity index (χ1) is 14.0. The predicted molar refractivity (Wildman–Crippen MR) is 116 cm³/mol. The van der Waals surface area contributed by atoms with Crippen LogP contribution in [0.4, 0.5) is 0 Å². The number of carbonyl (C=O) groups is 1. The van der Waals surface area contributed by atoms with Gasteiger partial charge in [-0.15, -0.1) is 0 Å². The van der Waals surface area contributed by atoms with Gasteiger partial charge in [-0.05, 0) is 68.0 Å². The van der Waals surface area contributed by atoms with Gasteiger partial charge in [0.05, 0.1) is 5.92 Å². The fraction of sp³-hybridized carbons (Fsp3) is 0.560. The average Bonchev–Trinajstić information content (AvgIpc) is 3.24. The van der Waals surface area contributed by atoms with Crippen molar-refractivity contribution in [2.45, 2.75) is 51.6 Å². The Morgan fingerprint density at radius 1 is 1.34 bits per heavy atom. The average molecular weight is 393 g/mol. The molecule has 3 fully saturated rings. The molecular formula is C25H32N2O2. The number of aromatic nitrogens is 1. The van der Waals surface area contributed by atoms with E-state index in [-0.39, 0.29) is 23.4 Å². The molecule has 0 unspecified atom stereocenters. The van der Waals surface area contributed by atoms with Gasteiger partial charge in [-0.25, -0.2) is 0 Å². The highest BCUT2D eigenvalue weighted by molar-refractivity contribution is 5.83. The lowest BCUT2D eigenvalue weighted by Crippen LogP contribution is -2.45. The minimum absolute atomic E-state index is 0.00690. The Morgan fingerprint density at radius 2 is 2.21 bits per heavy atom. The summed E-state index contributed by atoms with van der Waals surface area (Å²) < 4.78 is 5.87. The Hall–Kier alpha value is -2.07. The van der Waals surface area contributed by atoms with Crippen LogP contribution in [0.1, 0.15) is 44.6 Å². The van der Waals surface area contributed by atoms with Gasteiger partial charge < -0.3 is 15.0 Å². The molecule has 4 heteroatoms. The minimum atomic E-state index is -0.0118. The molecule has 5 rings (SSSR count). The van der Waals surface area contributed by atoms with E-state index in [1.165, 1.54) is 34.9 Å². The topological polar surface area (TPSA) is 54.1 Å². The number of carbonyl (C=O) groups excluding carboxylic acids is 1. The number of rotatable bonds is 5. The van der Waals surface area contributed by atoms with Gasteiger partial charge in [-0.3, -0.25) is 4.79 Å². The molecule has 1 aliphatic heterocycles. The molecule has 4 nitrogen and oxygen atoms in total. The van der Waals surface area contributed by atoms with Crippen LogP contribution in [0.25, 0.3) is 10.9 Å². The van der Waals surface area contributed by atoms with Gasteiger partial charge >= 0.3 is 5.97 Å². The number of para-hydroxylation sites is 1. The number of hydrogen-bond donors (Lipinski definition) is 2. The molecule has 2 heterocycles. The Bertz CT molecular complexity index is 932. The summed E-state index contributed by atoms with van der Waals surface area (Å²) in [6.07, 6.45) is 8.87. The summed E-state index contributed by atoms with van der Waals surface area (Å²) in [6.45, 7) is 8.37. The zero-order valence-corrected chi connectivity index (χ0v) is 17.4. The Labute approximate surface area is 173 Å². The number of hydrogen-bond acceptors (Lipinski definition) is 3. The molecule has 5 atom stereocenters. The van der Waals surface area contributed by atoms with E-state index in [1.54, 1.807) is 0 Å². The quantitative estimate of drug-likeness (QED) is 0.444. The summed E-state index contributed by atoms with van der Waals surface area (Å²) in [6, 6.07) is 8.41. The third-order valence-corrected chi connectivity index (χ3v) is 7.93. The fourth-order valence-electron chi connectivity index (χ4n) is 6.31. The van der Waals surface area contributed by atoms with Crippen LogP contribution < -0.4 is 5.32 Å². The van der Waals surface area contributed by atoms with E-state index in [1.807, 2.05) is 0 Å². The number of H-pyrrole nitrogens is 1. The SMILES string of the molecule is C=C1CCC[C@]2(C)C[C@H]3OC(=O)[C@@H](CNCCc4c[nH]c5ccccc45)[C@H]3C[C@@H]12. The predicted octanol–water partition coefficient (Wildman–Crippen LogP) is 4.61. The maximum Gasteiger partial charge on any atom is 0.310 e. The van der Waals surface area contributed by atoms with Crippen LogP contribution in [-0.2, 0) is 16.0 Å². The highest BCUT2D eigenvalue weighted by Gasteiger charge is 2.54. The van der Waals surface area contributed by atoms with E-state index < -0.39 is 0 Å². The summed E-state index contributed by atoms with van der Waals surface area (Å²) in [5.74, 6) is 0.895. The van der Waals surface area contributed by atoms with Gasteiger partial charge in [0.2, 0.25) is 0 Å². The maximum atomic E-state index is 12.6. The van der Waals surface area contributed by atoms with Gasteiger partial charge in [-0.1, -0.05) is 37.3 Å². The van der Waals surface area contributed by atoms with E-state index in [0.29, 0.717) is 11.8 Å². The molecule has 0 amide bonds. The highest BCUT2D eigenvalue weighted by atomic mass is 16.6. The third-order valence-electron chi connectivity index (χ3n) is 7.93. The van der Waals surface area contributed by atoms with Crippen LogP contribution in [0.2, 0.25) is 0 Å². The van der Waals surface area contributed by atoms with Gasteiger partial charge in [0.25, 0.3) is 0 Å². The number of ether oxygens (including phenoxy) is 1. The van der Waals surface area contributed by atoms with Crippen LogP contribution in [-0.4, -0.2) is 30.1 Å². The molecule has 1 saturated heterocycles. The first kappa shape index (κ1) is 18.9. The second kappa shape index (κ2) is 7.32. The van der Waals surface area contributed by atoms with Crippen molar-refractivity contribution in [1.29, 1.82) is 0 Å². The highest BCUT2D eigenvalue weighted by Crippen LogP contribution is 2.56. The molecule has 0 spiro atoms. The van der Waals surface area contributed by atoms with Crippen molar-refractivity contribution in [3.05, 3.63) is 48.2 Å². The maximum absolute atomic E-state index is 12.6. The van der Waals surface area contributed by atoms with Gasteiger partial charge in [0.15, 0.2) is 0 Å². The molecule has 2 N–H and O–H groups in total. The zero-order valence-electron chi connectivity index (χ0n) is 17.4. The molecular weight excluding hydrogens is 360 g/mol. The molecule has 29 heavy (non-hydrogen) atoms. The second-order valence-electron chi connectivity index (χ2n) is 9.72. The lowest BCUT2D eigenvalue weighted by Gasteiger charge is -2.50. The lowest BCUT2D eigenvalue weighted by molar-refractivity contribution is -0.146. The Morgan fingerprint density at radius 3 is 3.10 bits per heavy atom. The number of esters is 1. The number of allylic oxidation sites excluding steroid dienone is 1. The molecule has 2 saturated carbocycles. The smallest absolute Gasteiger partial charge is 0.310 e. The minimum Gasteiger partial charge on any atom is -0.462 e. The summed E-state index contributed by atoms with van der Waals surface area (Å²) in [4.78, 5) is 16.0. The normalized spacial score (nSPS) is 34.1. The van der Waals surface area contributed by atoms with Crippen LogP contribution >= 0.6 is 0 Å². The van der Waals surface area contributed by atoms with Crippen LogP contribution in [0.15, 0.2) is 42.6 Å². The Kier molecular flexibility index (Phi) is 4.78. The molecule has 2 aliphatic carbocycles. The van der Waals surface area contributed by atoms with E-state index >= 15 is 0 Å². The first-order valence-corrected chi connectivity index (χ1v) is 11.2. The number of aromatic amines is 1. The van der Waals surface area contributed by atoms with Crippen molar-refractivity contribution in [3.63, 3.8) is 0 Å². The van der Waals surface area contributed by atoms with Crippen molar-refractivity contribution in [2.24, 2.45) is 23.2 Å². The Balaban J connectivity index is 1.20. The van der Waals surface area contributed by atoms with E-state index in [0.717, 1.165) is 38.8 Å². The molecule has 2 aromatic rings. The second-order valence-corrected chi connectivity index (χ2v) is 9.72. The van der Waals surface area contributed by atoms with Crippen molar-refractivity contribution >= 4 is 16.9 Å². The fourth-order valence-corrected chi connectivity index (χ4v) is 6.31. The zero-order chi connectivity index (χ0) is 20.0. The summed E-state index contributed by atoms with van der Waals surface area (Å²) in [5, 5.41) is 4.84. The molecule has 0 radical (unpaired) electrons. The largest absolute Gasteiger partial charge is 0.462 e. The monoisotopic (exact) mass is 392 g/mol. The molecule has 1 aromatic carbocycles. The van der Waals surface area contributed by atoms with Crippen LogP contribution in [0, 0.1) is 23.2 Å². The molecule has 3 aliphatic rings. The third kappa shape index (κ3) is 3.31. The standard InChI is InChI=1S/C25H32N2O2/c1-16-6-5-10-25(2)13-23-19(12-21(16)25)20(24(28)29-23)15-26-11-9-17-14-27-22-8-4-3-7-18(17)22/h3-4,7-8,14,19-21,23,26-27H,1,5-6,9-13,15H2,2H3/t19-,20+,21+,23-,25-/m1/s1. The number of nitrogens with one attached hydrogen (secondary N) is 2. The molecule has 0 bridgehead atoms. The van der Waals surface area contributed by atoms with Crippen molar-refractivity contribution < 1.29 is 9.53 Å². The lowest BCUT2D eigenvalue weighted by atomic mass is 9.55. The van der Waals surface area contributed by atoms with Crippen LogP contribution in [0.3, 0.4) is 0 Å². The van der Waals surface area contributed by atoms with E-state index in [4.69, 9.17) is 4.74 Å². The first-order valence-electron chi connectivity index (χ1n) is 11.2. The summed E-state index contributed by atoms with van der Waals surface area (Å²) in [5.41, 5.74) is 4.19. The molecule has 1 aromatic heterocycles. The number of benzene rings is 1. The van der Waals surface area contributed by atoms with Gasteiger partial charge in [-0.2, -0.15) is 0 Å². The van der Waals surface area contributed by atoms with E-state index in [2.05, 4.69) is 54.3 Å². The van der Waals surface area contributed by atoms with Crippen molar-refractivity contribution in [2.75, 3.05) is 13.1 Å². The van der Waals surface area contributed by atoms with Gasteiger partial charge in [0, 0.05) is 29.6 Å². The molecule has 154 valence electrons. The summed E-state index contributed by atoms with van der Waals surface area (Å²) >= 11 is 0. The van der Waals surface area contributed by atoms with Crippen molar-refractivity contribution in [3.8, 4) is 0 Å². The number of fused-ring (bicyclic) bond motifs is 3. The van der Waals surface area contributed by atoms with Gasteiger partial charge in [0.1, 0.15) is 6.10 Å².